The lowest BCUT2D eigenvalue weighted by molar-refractivity contribution is -0.155. The SMILES string of the molecule is CCOC(=O)C(=O)[C@@H]1CCCN1C(=O)c1ccc(OC)c(OC)c1. The highest BCUT2D eigenvalue weighted by atomic mass is 16.5. The molecule has 0 bridgehead atoms. The number of hydrogen-bond donors (Lipinski definition) is 0. The van der Waals surface area contributed by atoms with Crippen LogP contribution in [0.5, 0.6) is 11.5 Å². The Kier molecular flexibility index (Phi) is 5.78. The number of rotatable bonds is 6. The molecular formula is C17H21NO6. The van der Waals surface area contributed by atoms with Gasteiger partial charge in [0.2, 0.25) is 0 Å². The largest absolute Gasteiger partial charge is 0.493 e. The van der Waals surface area contributed by atoms with Gasteiger partial charge in [0.15, 0.2) is 11.5 Å². The van der Waals surface area contributed by atoms with Crippen LogP contribution < -0.4 is 9.47 Å². The van der Waals surface area contributed by atoms with Crippen LogP contribution in [-0.2, 0) is 14.3 Å². The van der Waals surface area contributed by atoms with Gasteiger partial charge in [0.25, 0.3) is 11.7 Å². The Hall–Kier alpha value is -2.57. The van der Waals surface area contributed by atoms with E-state index in [1.165, 1.54) is 19.1 Å². The second-order valence-electron chi connectivity index (χ2n) is 5.31. The molecule has 1 aliphatic heterocycles. The maximum Gasteiger partial charge on any atom is 0.376 e. The number of ether oxygens (including phenoxy) is 3. The van der Waals surface area contributed by atoms with E-state index in [9.17, 15) is 14.4 Å². The van der Waals surface area contributed by atoms with Gasteiger partial charge in [0, 0.05) is 12.1 Å². The third kappa shape index (κ3) is 3.50. The Balaban J connectivity index is 2.22. The van der Waals surface area contributed by atoms with E-state index in [1.807, 2.05) is 0 Å². The van der Waals surface area contributed by atoms with Crippen LogP contribution >= 0.6 is 0 Å². The zero-order valence-corrected chi connectivity index (χ0v) is 14.0. The number of amides is 1. The van der Waals surface area contributed by atoms with Gasteiger partial charge in [0.1, 0.15) is 6.04 Å². The molecule has 130 valence electrons. The zero-order chi connectivity index (χ0) is 17.7. The average Bonchev–Trinajstić information content (AvgIpc) is 3.09. The van der Waals surface area contributed by atoms with Gasteiger partial charge in [0.05, 0.1) is 20.8 Å². The molecule has 0 saturated carbocycles. The molecule has 0 aromatic heterocycles. The summed E-state index contributed by atoms with van der Waals surface area (Å²) >= 11 is 0. The minimum atomic E-state index is -0.894. The van der Waals surface area contributed by atoms with Crippen molar-refractivity contribution in [3.8, 4) is 11.5 Å². The van der Waals surface area contributed by atoms with E-state index in [0.29, 0.717) is 36.4 Å². The smallest absolute Gasteiger partial charge is 0.376 e. The van der Waals surface area contributed by atoms with Crippen molar-refractivity contribution in [2.24, 2.45) is 0 Å². The number of likely N-dealkylation sites (tertiary alicyclic amines) is 1. The molecule has 0 N–H and O–H groups in total. The summed E-state index contributed by atoms with van der Waals surface area (Å²) in [5, 5.41) is 0. The van der Waals surface area contributed by atoms with E-state index in [2.05, 4.69) is 0 Å². The second-order valence-corrected chi connectivity index (χ2v) is 5.31. The van der Waals surface area contributed by atoms with Crippen LogP contribution in [0.1, 0.15) is 30.1 Å². The molecule has 0 aliphatic carbocycles. The van der Waals surface area contributed by atoms with Gasteiger partial charge in [-0.15, -0.1) is 0 Å². The van der Waals surface area contributed by atoms with E-state index in [4.69, 9.17) is 14.2 Å². The summed E-state index contributed by atoms with van der Waals surface area (Å²) in [4.78, 5) is 38.0. The summed E-state index contributed by atoms with van der Waals surface area (Å²) in [6.45, 7) is 2.18. The Labute approximate surface area is 140 Å². The van der Waals surface area contributed by atoms with Crippen LogP contribution in [0.25, 0.3) is 0 Å². The number of ketones is 1. The van der Waals surface area contributed by atoms with Crippen molar-refractivity contribution in [3.63, 3.8) is 0 Å². The molecular weight excluding hydrogens is 314 g/mol. The lowest BCUT2D eigenvalue weighted by Crippen LogP contribution is -2.43. The topological polar surface area (TPSA) is 82.1 Å². The van der Waals surface area contributed by atoms with Gasteiger partial charge < -0.3 is 19.1 Å². The van der Waals surface area contributed by atoms with Crippen molar-refractivity contribution in [1.82, 2.24) is 4.90 Å². The highest BCUT2D eigenvalue weighted by Gasteiger charge is 2.38. The van der Waals surface area contributed by atoms with Crippen molar-refractivity contribution in [2.45, 2.75) is 25.8 Å². The van der Waals surface area contributed by atoms with Crippen molar-refractivity contribution < 1.29 is 28.6 Å². The van der Waals surface area contributed by atoms with E-state index in [1.54, 1.807) is 25.1 Å². The molecule has 1 heterocycles. The molecule has 1 atom stereocenters. The van der Waals surface area contributed by atoms with Gasteiger partial charge in [-0.3, -0.25) is 9.59 Å². The summed E-state index contributed by atoms with van der Waals surface area (Å²) < 4.78 is 15.1. The fraction of sp³-hybridized carbons (Fsp3) is 0.471. The normalized spacial score (nSPS) is 16.6. The highest BCUT2D eigenvalue weighted by Crippen LogP contribution is 2.29. The fourth-order valence-electron chi connectivity index (χ4n) is 2.76. The molecule has 1 fully saturated rings. The number of nitrogens with zero attached hydrogens (tertiary/aromatic N) is 1. The first kappa shape index (κ1) is 17.8. The zero-order valence-electron chi connectivity index (χ0n) is 14.0. The van der Waals surface area contributed by atoms with Crippen molar-refractivity contribution >= 4 is 17.7 Å². The molecule has 1 aromatic rings. The van der Waals surface area contributed by atoms with E-state index < -0.39 is 17.8 Å². The summed E-state index contributed by atoms with van der Waals surface area (Å²) in [7, 11) is 2.99. The first-order valence-corrected chi connectivity index (χ1v) is 7.77. The Morgan fingerprint density at radius 3 is 2.50 bits per heavy atom. The minimum absolute atomic E-state index is 0.126. The Morgan fingerprint density at radius 2 is 1.88 bits per heavy atom. The van der Waals surface area contributed by atoms with Gasteiger partial charge in [-0.2, -0.15) is 0 Å². The fourth-order valence-corrected chi connectivity index (χ4v) is 2.76. The van der Waals surface area contributed by atoms with Gasteiger partial charge in [-0.05, 0) is 38.0 Å². The van der Waals surface area contributed by atoms with Crippen LogP contribution in [0.4, 0.5) is 0 Å². The molecule has 24 heavy (non-hydrogen) atoms. The Morgan fingerprint density at radius 1 is 1.17 bits per heavy atom. The van der Waals surface area contributed by atoms with Crippen molar-refractivity contribution in [3.05, 3.63) is 23.8 Å². The molecule has 0 radical (unpaired) electrons. The lowest BCUT2D eigenvalue weighted by Gasteiger charge is -2.23. The van der Waals surface area contributed by atoms with Gasteiger partial charge in [-0.1, -0.05) is 0 Å². The molecule has 2 rings (SSSR count). The molecule has 0 spiro atoms. The molecule has 7 nitrogen and oxygen atoms in total. The molecule has 1 saturated heterocycles. The van der Waals surface area contributed by atoms with Gasteiger partial charge in [-0.25, -0.2) is 4.79 Å². The number of benzene rings is 1. The molecule has 1 aliphatic rings. The predicted octanol–water partition coefficient (Wildman–Crippen LogP) is 1.44. The van der Waals surface area contributed by atoms with Crippen LogP contribution in [-0.4, -0.2) is 56.0 Å². The quantitative estimate of drug-likeness (QED) is 0.578. The summed E-state index contributed by atoms with van der Waals surface area (Å²) in [5.74, 6) is -0.959. The van der Waals surface area contributed by atoms with E-state index in [0.717, 1.165) is 0 Å². The number of Topliss-reactive ketones (excluding diaryl/α,β-unsaturated/α-hetero) is 1. The monoisotopic (exact) mass is 335 g/mol. The third-order valence-corrected chi connectivity index (χ3v) is 3.92. The number of esters is 1. The van der Waals surface area contributed by atoms with Crippen LogP contribution in [0.3, 0.4) is 0 Å². The van der Waals surface area contributed by atoms with Gasteiger partial charge >= 0.3 is 5.97 Å². The van der Waals surface area contributed by atoms with Crippen LogP contribution in [0, 0.1) is 0 Å². The second kappa shape index (κ2) is 7.81. The summed E-state index contributed by atoms with van der Waals surface area (Å²) in [5.41, 5.74) is 0.371. The number of carbonyl (C=O) groups is 3. The number of hydrogen-bond acceptors (Lipinski definition) is 6. The molecule has 7 heteroatoms. The molecule has 0 unspecified atom stereocenters. The maximum atomic E-state index is 12.7. The van der Waals surface area contributed by atoms with Crippen molar-refractivity contribution in [1.29, 1.82) is 0 Å². The predicted molar refractivity (Wildman–Crippen MR) is 85.2 cm³/mol. The number of carbonyl (C=O) groups excluding carboxylic acids is 3. The maximum absolute atomic E-state index is 12.7. The van der Waals surface area contributed by atoms with E-state index >= 15 is 0 Å². The summed E-state index contributed by atoms with van der Waals surface area (Å²) in [6.07, 6.45) is 1.12. The molecule has 1 amide bonds. The number of methoxy groups -OCH3 is 2. The standard InChI is InChI=1S/C17H21NO6/c1-4-24-17(21)15(19)12-6-5-9-18(12)16(20)11-7-8-13(22-2)14(10-11)23-3/h7-8,10,12H,4-6,9H2,1-3H3/t12-/m0/s1. The average molecular weight is 335 g/mol. The van der Waals surface area contributed by atoms with E-state index in [-0.39, 0.29) is 12.5 Å². The molecule has 1 aromatic carbocycles. The lowest BCUT2D eigenvalue weighted by atomic mass is 10.1. The first-order chi connectivity index (χ1) is 11.5. The minimum Gasteiger partial charge on any atom is -0.493 e. The van der Waals surface area contributed by atoms with Crippen LogP contribution in [0.2, 0.25) is 0 Å². The van der Waals surface area contributed by atoms with Crippen molar-refractivity contribution in [2.75, 3.05) is 27.4 Å². The Bertz CT molecular complexity index is 642. The highest BCUT2D eigenvalue weighted by molar-refractivity contribution is 6.36. The third-order valence-electron chi connectivity index (χ3n) is 3.92. The first-order valence-electron chi connectivity index (χ1n) is 7.77. The summed E-state index contributed by atoms with van der Waals surface area (Å²) in [6, 6.07) is 4.02. The van der Waals surface area contributed by atoms with Crippen LogP contribution in [0.15, 0.2) is 18.2 Å².